The van der Waals surface area contributed by atoms with Crippen LogP contribution in [0.15, 0.2) is 12.3 Å². The first-order chi connectivity index (χ1) is 8.97. The lowest BCUT2D eigenvalue weighted by Crippen LogP contribution is -2.07. The lowest BCUT2D eigenvalue weighted by atomic mass is 10.1. The quantitative estimate of drug-likeness (QED) is 0.916. The number of anilines is 1. The maximum absolute atomic E-state index is 4.54. The number of nitrogens with zero attached hydrogens (tertiary/aromatic N) is 4. The number of hydrogen-bond acceptors (Lipinski definition) is 4. The molecule has 0 saturated carbocycles. The van der Waals surface area contributed by atoms with Crippen molar-refractivity contribution < 1.29 is 0 Å². The third-order valence-corrected chi connectivity index (χ3v) is 3.24. The first kappa shape index (κ1) is 13.5. The minimum atomic E-state index is 0.405. The van der Waals surface area contributed by atoms with Crippen LogP contribution >= 0.6 is 0 Å². The zero-order valence-corrected chi connectivity index (χ0v) is 12.2. The van der Waals surface area contributed by atoms with E-state index in [4.69, 9.17) is 0 Å². The molecule has 0 saturated heterocycles. The van der Waals surface area contributed by atoms with Crippen LogP contribution in [0.1, 0.15) is 42.4 Å². The Labute approximate surface area is 114 Å². The van der Waals surface area contributed by atoms with E-state index < -0.39 is 0 Å². The maximum Gasteiger partial charge on any atom is 0.223 e. The monoisotopic (exact) mass is 259 g/mol. The molecule has 5 nitrogen and oxygen atoms in total. The molecule has 0 amide bonds. The summed E-state index contributed by atoms with van der Waals surface area (Å²) in [4.78, 5) is 8.95. The highest BCUT2D eigenvalue weighted by atomic mass is 15.3. The van der Waals surface area contributed by atoms with Gasteiger partial charge in [0.15, 0.2) is 0 Å². The van der Waals surface area contributed by atoms with Crippen LogP contribution in [0.5, 0.6) is 0 Å². The first-order valence-electron chi connectivity index (χ1n) is 6.54. The number of aromatic nitrogens is 4. The largest absolute Gasteiger partial charge is 0.350 e. The van der Waals surface area contributed by atoms with E-state index in [0.29, 0.717) is 18.4 Å². The van der Waals surface area contributed by atoms with Crippen LogP contribution < -0.4 is 5.32 Å². The van der Waals surface area contributed by atoms with Gasteiger partial charge in [-0.15, -0.1) is 0 Å². The molecule has 0 radical (unpaired) electrons. The lowest BCUT2D eigenvalue weighted by Gasteiger charge is -2.10. The van der Waals surface area contributed by atoms with Crippen LogP contribution in [0, 0.1) is 13.8 Å². The molecule has 102 valence electrons. The van der Waals surface area contributed by atoms with Gasteiger partial charge in [0.2, 0.25) is 5.95 Å². The maximum atomic E-state index is 4.54. The summed E-state index contributed by atoms with van der Waals surface area (Å²) in [5.74, 6) is 1.09. The van der Waals surface area contributed by atoms with E-state index >= 15 is 0 Å². The second kappa shape index (κ2) is 5.38. The van der Waals surface area contributed by atoms with Gasteiger partial charge in [-0.25, -0.2) is 9.97 Å². The number of nitrogens with one attached hydrogen (secondary N) is 1. The highest BCUT2D eigenvalue weighted by Gasteiger charge is 2.07. The molecule has 0 atom stereocenters. The second-order valence-corrected chi connectivity index (χ2v) is 5.14. The van der Waals surface area contributed by atoms with Crippen molar-refractivity contribution in [3.05, 3.63) is 34.9 Å². The summed E-state index contributed by atoms with van der Waals surface area (Å²) in [5, 5.41) is 7.50. The number of aryl methyl sites for hydroxylation is 2. The van der Waals surface area contributed by atoms with Crippen molar-refractivity contribution in [3.8, 4) is 0 Å². The van der Waals surface area contributed by atoms with Crippen molar-refractivity contribution in [3.63, 3.8) is 0 Å². The van der Waals surface area contributed by atoms with Crippen molar-refractivity contribution in [1.29, 1.82) is 0 Å². The smallest absolute Gasteiger partial charge is 0.223 e. The summed E-state index contributed by atoms with van der Waals surface area (Å²) in [6.07, 6.45) is 1.88. The molecule has 1 N–H and O–H groups in total. The van der Waals surface area contributed by atoms with Crippen molar-refractivity contribution >= 4 is 5.95 Å². The molecule has 2 aromatic heterocycles. The summed E-state index contributed by atoms with van der Waals surface area (Å²) in [6, 6.07) is 2.03. The van der Waals surface area contributed by atoms with Crippen LogP contribution in [0.3, 0.4) is 0 Å². The standard InChI is InChI=1S/C14H21N5/c1-9(2)13-6-10(3)17-14(18-13)15-7-12-8-16-19(5)11(12)4/h6,8-9H,7H2,1-5H3,(H,15,17,18). The molecule has 0 unspecified atom stereocenters. The lowest BCUT2D eigenvalue weighted by molar-refractivity contribution is 0.738. The fraction of sp³-hybridized carbons (Fsp3) is 0.500. The zero-order chi connectivity index (χ0) is 14.0. The molecule has 0 bridgehead atoms. The molecule has 0 aliphatic rings. The van der Waals surface area contributed by atoms with E-state index in [1.807, 2.05) is 30.9 Å². The summed E-state index contributed by atoms with van der Waals surface area (Å²) < 4.78 is 1.87. The molecular formula is C14H21N5. The second-order valence-electron chi connectivity index (χ2n) is 5.14. The van der Waals surface area contributed by atoms with Gasteiger partial charge in [-0.2, -0.15) is 5.10 Å². The average Bonchev–Trinajstić information content (AvgIpc) is 2.67. The van der Waals surface area contributed by atoms with Gasteiger partial charge in [0.1, 0.15) is 0 Å². The van der Waals surface area contributed by atoms with Crippen molar-refractivity contribution in [2.24, 2.45) is 7.05 Å². The van der Waals surface area contributed by atoms with Gasteiger partial charge < -0.3 is 5.32 Å². The average molecular weight is 259 g/mol. The molecule has 2 rings (SSSR count). The SMILES string of the molecule is Cc1cc(C(C)C)nc(NCc2cnn(C)c2C)n1. The molecule has 0 aliphatic heterocycles. The van der Waals surface area contributed by atoms with Gasteiger partial charge in [-0.05, 0) is 25.8 Å². The van der Waals surface area contributed by atoms with Crippen LogP contribution in [-0.4, -0.2) is 19.7 Å². The minimum absolute atomic E-state index is 0.405. The van der Waals surface area contributed by atoms with Gasteiger partial charge in [0.25, 0.3) is 0 Å². The third-order valence-electron chi connectivity index (χ3n) is 3.24. The van der Waals surface area contributed by atoms with Crippen molar-refractivity contribution in [2.75, 3.05) is 5.32 Å². The van der Waals surface area contributed by atoms with E-state index in [1.165, 1.54) is 5.56 Å². The predicted molar refractivity (Wildman–Crippen MR) is 76.1 cm³/mol. The molecular weight excluding hydrogens is 238 g/mol. The summed E-state index contributed by atoms with van der Waals surface area (Å²) in [6.45, 7) is 9.02. The Morgan fingerprint density at radius 1 is 1.26 bits per heavy atom. The Balaban J connectivity index is 2.13. The summed E-state index contributed by atoms with van der Waals surface area (Å²) in [7, 11) is 1.94. The Morgan fingerprint density at radius 2 is 2.00 bits per heavy atom. The van der Waals surface area contributed by atoms with Crippen LogP contribution in [0.25, 0.3) is 0 Å². The molecule has 0 fully saturated rings. The highest BCUT2D eigenvalue weighted by Crippen LogP contribution is 2.15. The van der Waals surface area contributed by atoms with Crippen LogP contribution in [0.2, 0.25) is 0 Å². The summed E-state index contributed by atoms with van der Waals surface area (Å²) in [5.41, 5.74) is 4.38. The first-order valence-corrected chi connectivity index (χ1v) is 6.54. The van der Waals surface area contributed by atoms with Gasteiger partial charge in [-0.3, -0.25) is 4.68 Å². The Morgan fingerprint density at radius 3 is 2.58 bits per heavy atom. The van der Waals surface area contributed by atoms with E-state index in [2.05, 4.69) is 41.2 Å². The Kier molecular flexibility index (Phi) is 3.83. The predicted octanol–water partition coefficient (Wildman–Crippen LogP) is 2.56. The zero-order valence-electron chi connectivity index (χ0n) is 12.2. The van der Waals surface area contributed by atoms with Crippen molar-refractivity contribution in [1.82, 2.24) is 19.7 Å². The number of rotatable bonds is 4. The molecule has 2 heterocycles. The van der Waals surface area contributed by atoms with Crippen LogP contribution in [0.4, 0.5) is 5.95 Å². The minimum Gasteiger partial charge on any atom is -0.350 e. The van der Waals surface area contributed by atoms with Gasteiger partial charge in [-0.1, -0.05) is 13.8 Å². The van der Waals surface area contributed by atoms with E-state index in [9.17, 15) is 0 Å². The Bertz CT molecular complexity index is 571. The normalized spacial score (nSPS) is 11.1. The fourth-order valence-corrected chi connectivity index (χ4v) is 1.86. The van der Waals surface area contributed by atoms with Crippen molar-refractivity contribution in [2.45, 2.75) is 40.2 Å². The molecule has 0 aliphatic carbocycles. The van der Waals surface area contributed by atoms with E-state index in [0.717, 1.165) is 17.1 Å². The van der Waals surface area contributed by atoms with E-state index in [-0.39, 0.29) is 0 Å². The Hall–Kier alpha value is -1.91. The van der Waals surface area contributed by atoms with Gasteiger partial charge >= 0.3 is 0 Å². The van der Waals surface area contributed by atoms with E-state index in [1.54, 1.807) is 0 Å². The molecule has 0 aromatic carbocycles. The fourth-order valence-electron chi connectivity index (χ4n) is 1.86. The molecule has 19 heavy (non-hydrogen) atoms. The highest BCUT2D eigenvalue weighted by molar-refractivity contribution is 5.31. The van der Waals surface area contributed by atoms with Gasteiger partial charge in [0.05, 0.1) is 6.20 Å². The van der Waals surface area contributed by atoms with Crippen LogP contribution in [-0.2, 0) is 13.6 Å². The topological polar surface area (TPSA) is 55.6 Å². The number of hydrogen-bond donors (Lipinski definition) is 1. The molecule has 2 aromatic rings. The summed E-state index contributed by atoms with van der Waals surface area (Å²) >= 11 is 0. The third kappa shape index (κ3) is 3.10. The van der Waals surface area contributed by atoms with Gasteiger partial charge in [0, 0.05) is 36.2 Å². The molecule has 5 heteroatoms. The molecule has 0 spiro atoms.